The van der Waals surface area contributed by atoms with Crippen molar-refractivity contribution in [2.45, 2.75) is 25.0 Å². The molecule has 2 heterocycles. The molecule has 2 aliphatic heterocycles. The Bertz CT molecular complexity index is 422. The smallest absolute Gasteiger partial charge is 0.264 e. The molecule has 1 unspecified atom stereocenters. The summed E-state index contributed by atoms with van der Waals surface area (Å²) in [5.41, 5.74) is 6.93. The van der Waals surface area contributed by atoms with Crippen LogP contribution in [0.1, 0.15) is 12.0 Å². The number of carbonyl (C=O) groups excluding carboxylic acids is 1. The SMILES string of the molecule is N[C@H]1CCN(C(=O)C2Cc3ccccc3O2)C1. The van der Waals surface area contributed by atoms with Crippen LogP contribution in [0, 0.1) is 0 Å². The summed E-state index contributed by atoms with van der Waals surface area (Å²) in [6, 6.07) is 7.96. The molecule has 4 nitrogen and oxygen atoms in total. The summed E-state index contributed by atoms with van der Waals surface area (Å²) in [6.07, 6.45) is 1.23. The fourth-order valence-electron chi connectivity index (χ4n) is 2.51. The van der Waals surface area contributed by atoms with Crippen molar-refractivity contribution in [2.75, 3.05) is 13.1 Å². The predicted molar refractivity (Wildman–Crippen MR) is 63.7 cm³/mol. The molecule has 2 aliphatic rings. The van der Waals surface area contributed by atoms with Crippen LogP contribution < -0.4 is 10.5 Å². The zero-order chi connectivity index (χ0) is 11.8. The van der Waals surface area contributed by atoms with Gasteiger partial charge in [-0.05, 0) is 18.1 Å². The Balaban J connectivity index is 1.70. The summed E-state index contributed by atoms with van der Waals surface area (Å²) in [7, 11) is 0. The average molecular weight is 232 g/mol. The molecule has 2 N–H and O–H groups in total. The quantitative estimate of drug-likeness (QED) is 0.769. The lowest BCUT2D eigenvalue weighted by molar-refractivity contribution is -0.136. The number of carbonyl (C=O) groups is 1. The maximum atomic E-state index is 12.2. The molecule has 0 spiro atoms. The maximum Gasteiger partial charge on any atom is 0.264 e. The zero-order valence-electron chi connectivity index (χ0n) is 9.63. The highest BCUT2D eigenvalue weighted by Gasteiger charge is 2.34. The zero-order valence-corrected chi connectivity index (χ0v) is 9.63. The maximum absolute atomic E-state index is 12.2. The van der Waals surface area contributed by atoms with Crippen LogP contribution in [0.25, 0.3) is 0 Å². The van der Waals surface area contributed by atoms with E-state index in [0.29, 0.717) is 13.0 Å². The normalized spacial score (nSPS) is 26.8. The monoisotopic (exact) mass is 232 g/mol. The van der Waals surface area contributed by atoms with Gasteiger partial charge in [0, 0.05) is 25.6 Å². The molecule has 1 fully saturated rings. The number of likely N-dealkylation sites (tertiary alicyclic amines) is 1. The van der Waals surface area contributed by atoms with Crippen molar-refractivity contribution >= 4 is 5.91 Å². The van der Waals surface area contributed by atoms with Crippen LogP contribution in [0.2, 0.25) is 0 Å². The minimum absolute atomic E-state index is 0.0779. The van der Waals surface area contributed by atoms with Crippen molar-refractivity contribution in [1.29, 1.82) is 0 Å². The van der Waals surface area contributed by atoms with Crippen LogP contribution in [0.4, 0.5) is 0 Å². The van der Waals surface area contributed by atoms with Crippen molar-refractivity contribution < 1.29 is 9.53 Å². The second-order valence-corrected chi connectivity index (χ2v) is 4.75. The standard InChI is InChI=1S/C13H16N2O2/c14-10-5-6-15(8-10)13(16)12-7-9-3-1-2-4-11(9)17-12/h1-4,10,12H,5-8,14H2/t10-,12?/m0/s1. The third kappa shape index (κ3) is 1.89. The van der Waals surface area contributed by atoms with Gasteiger partial charge in [0.1, 0.15) is 5.75 Å². The van der Waals surface area contributed by atoms with Gasteiger partial charge in [0.25, 0.3) is 5.91 Å². The summed E-state index contributed by atoms with van der Waals surface area (Å²) in [5, 5.41) is 0. The number of hydrogen-bond acceptors (Lipinski definition) is 3. The number of amides is 1. The molecule has 1 aromatic rings. The lowest BCUT2D eigenvalue weighted by Crippen LogP contribution is -2.41. The molecule has 0 aliphatic carbocycles. The van der Waals surface area contributed by atoms with E-state index in [9.17, 15) is 4.79 Å². The highest BCUT2D eigenvalue weighted by atomic mass is 16.5. The van der Waals surface area contributed by atoms with Crippen molar-refractivity contribution in [2.24, 2.45) is 5.73 Å². The van der Waals surface area contributed by atoms with E-state index in [1.165, 1.54) is 0 Å². The van der Waals surface area contributed by atoms with E-state index in [2.05, 4.69) is 0 Å². The summed E-state index contributed by atoms with van der Waals surface area (Å²) >= 11 is 0. The van der Waals surface area contributed by atoms with Gasteiger partial charge in [-0.3, -0.25) is 4.79 Å². The second-order valence-electron chi connectivity index (χ2n) is 4.75. The number of hydrogen-bond donors (Lipinski definition) is 1. The summed E-state index contributed by atoms with van der Waals surface area (Å²) in [5.74, 6) is 0.920. The van der Waals surface area contributed by atoms with Gasteiger partial charge in [-0.15, -0.1) is 0 Å². The first-order valence-electron chi connectivity index (χ1n) is 6.03. The number of rotatable bonds is 1. The van der Waals surface area contributed by atoms with Gasteiger partial charge in [0.15, 0.2) is 6.10 Å². The van der Waals surface area contributed by atoms with Gasteiger partial charge in [0.05, 0.1) is 0 Å². The Hall–Kier alpha value is -1.55. The highest BCUT2D eigenvalue weighted by molar-refractivity contribution is 5.83. The second kappa shape index (κ2) is 4.04. The van der Waals surface area contributed by atoms with Crippen LogP contribution in [0.5, 0.6) is 5.75 Å². The molecule has 0 radical (unpaired) electrons. The first-order valence-corrected chi connectivity index (χ1v) is 6.03. The average Bonchev–Trinajstić information content (AvgIpc) is 2.93. The molecule has 4 heteroatoms. The molecule has 2 atom stereocenters. The van der Waals surface area contributed by atoms with Crippen molar-refractivity contribution in [3.63, 3.8) is 0 Å². The first-order chi connectivity index (χ1) is 8.24. The predicted octanol–water partition coefficient (Wildman–Crippen LogP) is 0.550. The van der Waals surface area contributed by atoms with E-state index in [1.54, 1.807) is 0 Å². The van der Waals surface area contributed by atoms with Gasteiger partial charge in [-0.25, -0.2) is 0 Å². The number of benzene rings is 1. The Labute approximate surface area is 100 Å². The molecule has 1 aromatic carbocycles. The van der Waals surface area contributed by atoms with Gasteiger partial charge in [-0.2, -0.15) is 0 Å². The number of nitrogens with zero attached hydrogens (tertiary/aromatic N) is 1. The molecule has 90 valence electrons. The van der Waals surface area contributed by atoms with E-state index in [-0.39, 0.29) is 18.1 Å². The molecule has 1 saturated heterocycles. The minimum Gasteiger partial charge on any atom is -0.480 e. The topological polar surface area (TPSA) is 55.6 Å². The Morgan fingerprint density at radius 1 is 1.41 bits per heavy atom. The Morgan fingerprint density at radius 3 is 2.94 bits per heavy atom. The number of fused-ring (bicyclic) bond motifs is 1. The Kier molecular flexibility index (Phi) is 2.52. The summed E-state index contributed by atoms with van der Waals surface area (Å²) in [6.45, 7) is 1.42. The van der Waals surface area contributed by atoms with E-state index >= 15 is 0 Å². The molecule has 0 saturated carbocycles. The van der Waals surface area contributed by atoms with Crippen molar-refractivity contribution in [3.8, 4) is 5.75 Å². The van der Waals surface area contributed by atoms with Crippen LogP contribution >= 0.6 is 0 Å². The van der Waals surface area contributed by atoms with Crippen molar-refractivity contribution in [1.82, 2.24) is 4.90 Å². The molecule has 17 heavy (non-hydrogen) atoms. The lowest BCUT2D eigenvalue weighted by atomic mass is 10.1. The van der Waals surface area contributed by atoms with E-state index in [1.807, 2.05) is 29.2 Å². The fourth-order valence-corrected chi connectivity index (χ4v) is 2.51. The van der Waals surface area contributed by atoms with Crippen LogP contribution in [0.15, 0.2) is 24.3 Å². The van der Waals surface area contributed by atoms with Crippen LogP contribution in [0.3, 0.4) is 0 Å². The van der Waals surface area contributed by atoms with Gasteiger partial charge < -0.3 is 15.4 Å². The number of nitrogens with two attached hydrogens (primary N) is 1. The molecular formula is C13H16N2O2. The van der Waals surface area contributed by atoms with E-state index < -0.39 is 0 Å². The third-order valence-electron chi connectivity index (χ3n) is 3.46. The fraction of sp³-hybridized carbons (Fsp3) is 0.462. The first kappa shape index (κ1) is 10.6. The van der Waals surface area contributed by atoms with Gasteiger partial charge in [0.2, 0.25) is 0 Å². The Morgan fingerprint density at radius 2 is 2.24 bits per heavy atom. The van der Waals surface area contributed by atoms with Gasteiger partial charge >= 0.3 is 0 Å². The van der Waals surface area contributed by atoms with Crippen LogP contribution in [-0.2, 0) is 11.2 Å². The molecule has 3 rings (SSSR count). The lowest BCUT2D eigenvalue weighted by Gasteiger charge is -2.19. The molecular weight excluding hydrogens is 216 g/mol. The minimum atomic E-state index is -0.349. The van der Waals surface area contributed by atoms with E-state index in [4.69, 9.17) is 10.5 Å². The summed E-state index contributed by atoms with van der Waals surface area (Å²) < 4.78 is 5.68. The van der Waals surface area contributed by atoms with E-state index in [0.717, 1.165) is 24.3 Å². The van der Waals surface area contributed by atoms with Gasteiger partial charge in [-0.1, -0.05) is 18.2 Å². The number of para-hydroxylation sites is 1. The van der Waals surface area contributed by atoms with Crippen molar-refractivity contribution in [3.05, 3.63) is 29.8 Å². The van der Waals surface area contributed by atoms with Crippen LogP contribution in [-0.4, -0.2) is 36.0 Å². The molecule has 0 aromatic heterocycles. The molecule has 0 bridgehead atoms. The third-order valence-corrected chi connectivity index (χ3v) is 3.46. The summed E-state index contributed by atoms with van der Waals surface area (Å²) in [4.78, 5) is 14.0. The largest absolute Gasteiger partial charge is 0.480 e. The molecule has 1 amide bonds. The number of ether oxygens (including phenoxy) is 1. The highest BCUT2D eigenvalue weighted by Crippen LogP contribution is 2.29.